The highest BCUT2D eigenvalue weighted by atomic mass is 32.2. The number of hydrazine groups is 1. The van der Waals surface area contributed by atoms with Crippen LogP contribution in [0.3, 0.4) is 0 Å². The van der Waals surface area contributed by atoms with Crippen molar-refractivity contribution < 1.29 is 18.4 Å². The van der Waals surface area contributed by atoms with Gasteiger partial charge in [0.1, 0.15) is 0 Å². The van der Waals surface area contributed by atoms with Crippen molar-refractivity contribution in [3.05, 3.63) is 60.7 Å². The van der Waals surface area contributed by atoms with Gasteiger partial charge in [-0.25, -0.2) is 4.98 Å². The minimum atomic E-state index is -2.36. The first-order chi connectivity index (χ1) is 13.4. The largest absolute Gasteiger partial charge is 0.760 e. The number of fused-ring (bicyclic) bond motifs is 2. The van der Waals surface area contributed by atoms with Crippen LogP contribution in [0.2, 0.25) is 0 Å². The number of hydrogen-bond donors (Lipinski definition) is 1. The van der Waals surface area contributed by atoms with Crippen LogP contribution in [-0.2, 0) is 20.9 Å². The van der Waals surface area contributed by atoms with E-state index >= 15 is 0 Å². The van der Waals surface area contributed by atoms with Crippen molar-refractivity contribution in [1.29, 1.82) is 0 Å². The first-order valence-electron chi connectivity index (χ1n) is 8.38. The van der Waals surface area contributed by atoms with E-state index in [1.54, 1.807) is 5.01 Å². The average Bonchev–Trinajstić information content (AvgIpc) is 2.99. The Morgan fingerprint density at radius 2 is 1.68 bits per heavy atom. The molecule has 1 aliphatic heterocycles. The number of nitrogens with two attached hydrogens (primary N) is 1. The molecule has 2 aromatic carbocycles. The summed E-state index contributed by atoms with van der Waals surface area (Å²) in [7, 11) is 0. The molecule has 2 heterocycles. The van der Waals surface area contributed by atoms with Crippen molar-refractivity contribution in [3.8, 4) is 0 Å². The summed E-state index contributed by atoms with van der Waals surface area (Å²) in [5.74, 6) is -0.653. The van der Waals surface area contributed by atoms with Crippen LogP contribution in [0.1, 0.15) is 6.92 Å². The summed E-state index contributed by atoms with van der Waals surface area (Å²) in [4.78, 5) is 28.8. The number of aromatic nitrogens is 1. The zero-order chi connectivity index (χ0) is 20.3. The molecule has 0 saturated carbocycles. The number of anilines is 1. The molecule has 1 aromatic heterocycles. The number of carbonyl (C=O) groups is 2. The maximum Gasteiger partial charge on any atom is 0.272 e. The number of benzene rings is 2. The third-order valence-corrected chi connectivity index (χ3v) is 4.14. The lowest BCUT2D eigenvalue weighted by molar-refractivity contribution is -0.137. The van der Waals surface area contributed by atoms with Crippen molar-refractivity contribution in [2.24, 2.45) is 5.14 Å². The van der Waals surface area contributed by atoms with E-state index in [0.717, 1.165) is 27.5 Å². The molecule has 9 heteroatoms. The summed E-state index contributed by atoms with van der Waals surface area (Å²) in [6.07, 6.45) is 2.59. The fourth-order valence-electron chi connectivity index (χ4n) is 3.06. The number of para-hydroxylation sites is 1. The highest BCUT2D eigenvalue weighted by Crippen LogP contribution is 2.30. The number of nitrogens with zero attached hydrogens (tertiary/aromatic N) is 3. The van der Waals surface area contributed by atoms with E-state index in [4.69, 9.17) is 8.76 Å². The molecule has 144 valence electrons. The highest BCUT2D eigenvalue weighted by molar-refractivity contribution is 7.76. The van der Waals surface area contributed by atoms with Crippen molar-refractivity contribution in [3.63, 3.8) is 0 Å². The monoisotopic (exact) mass is 397 g/mol. The maximum absolute atomic E-state index is 12.1. The van der Waals surface area contributed by atoms with Crippen LogP contribution in [0, 0.1) is 0 Å². The minimum absolute atomic E-state index is 0.326. The predicted octanol–water partition coefficient (Wildman–Crippen LogP) is 1.79. The average molecular weight is 397 g/mol. The minimum Gasteiger partial charge on any atom is -0.760 e. The van der Waals surface area contributed by atoms with E-state index in [9.17, 15) is 9.59 Å². The van der Waals surface area contributed by atoms with E-state index in [2.05, 4.69) is 10.1 Å². The van der Waals surface area contributed by atoms with Gasteiger partial charge in [0.2, 0.25) is 0 Å². The lowest BCUT2D eigenvalue weighted by atomic mass is 10.1. The third-order valence-electron chi connectivity index (χ3n) is 4.14. The zero-order valence-electron chi connectivity index (χ0n) is 14.9. The molecular weight excluding hydrogens is 380 g/mol. The van der Waals surface area contributed by atoms with Gasteiger partial charge in [-0.3, -0.25) is 23.9 Å². The molecule has 28 heavy (non-hydrogen) atoms. The van der Waals surface area contributed by atoms with E-state index in [1.165, 1.54) is 17.2 Å². The Labute approximate surface area is 163 Å². The fourth-order valence-corrected chi connectivity index (χ4v) is 3.06. The zero-order valence-corrected chi connectivity index (χ0v) is 15.8. The molecule has 8 nitrogen and oxygen atoms in total. The standard InChI is InChI=1S/C19H15N3O2.H3NO2S/c1-2-21(22-18(23)10-11-19(22)24)17-9-5-8-16-14(17)12-13-6-3-4-7-15(13)20-16;1-4(2)3/h3-12H,2H2,1H3;1H2,(H,2,3)/p-1. The second-order valence-electron chi connectivity index (χ2n) is 5.82. The molecule has 2 N–H and O–H groups in total. The van der Waals surface area contributed by atoms with Crippen molar-refractivity contribution in [2.45, 2.75) is 6.92 Å². The Bertz CT molecular complexity index is 1090. The number of rotatable bonds is 3. The van der Waals surface area contributed by atoms with E-state index in [0.29, 0.717) is 6.54 Å². The van der Waals surface area contributed by atoms with E-state index in [1.807, 2.05) is 55.5 Å². The van der Waals surface area contributed by atoms with Crippen LogP contribution in [0.25, 0.3) is 21.8 Å². The quantitative estimate of drug-likeness (QED) is 0.409. The van der Waals surface area contributed by atoms with Gasteiger partial charge in [0.05, 0.1) is 16.7 Å². The molecule has 0 spiro atoms. The van der Waals surface area contributed by atoms with E-state index in [-0.39, 0.29) is 11.8 Å². The third kappa shape index (κ3) is 3.91. The van der Waals surface area contributed by atoms with Gasteiger partial charge in [-0.2, -0.15) is 5.01 Å². The lowest BCUT2D eigenvalue weighted by Crippen LogP contribution is -2.46. The summed E-state index contributed by atoms with van der Waals surface area (Å²) in [6.45, 7) is 2.40. The normalized spacial score (nSPS) is 14.3. The summed E-state index contributed by atoms with van der Waals surface area (Å²) in [6, 6.07) is 15.7. The van der Waals surface area contributed by atoms with Crippen LogP contribution in [-0.4, -0.2) is 37.1 Å². The van der Waals surface area contributed by atoms with Crippen LogP contribution < -0.4 is 10.1 Å². The lowest BCUT2D eigenvalue weighted by Gasteiger charge is -2.31. The highest BCUT2D eigenvalue weighted by Gasteiger charge is 2.30. The number of pyridine rings is 1. The van der Waals surface area contributed by atoms with Gasteiger partial charge in [0, 0.05) is 40.7 Å². The van der Waals surface area contributed by atoms with Crippen LogP contribution in [0.15, 0.2) is 60.7 Å². The second-order valence-corrected chi connectivity index (χ2v) is 6.34. The summed E-state index contributed by atoms with van der Waals surface area (Å²) >= 11 is -2.36. The molecule has 3 aromatic rings. The van der Waals surface area contributed by atoms with Gasteiger partial charge >= 0.3 is 0 Å². The van der Waals surface area contributed by atoms with Crippen molar-refractivity contribution in [2.75, 3.05) is 11.6 Å². The van der Waals surface area contributed by atoms with Crippen LogP contribution in [0.5, 0.6) is 0 Å². The SMILES string of the molecule is CCN(c1cccc2nc3ccccc3cc12)N1C(=O)C=CC1=O.NS(=O)[O-]. The fraction of sp³-hybridized carbons (Fsp3) is 0.105. The molecule has 0 saturated heterocycles. The molecule has 0 fully saturated rings. The first kappa shape index (κ1) is 19.6. The summed E-state index contributed by atoms with van der Waals surface area (Å²) < 4.78 is 17.6. The molecule has 0 aliphatic carbocycles. The van der Waals surface area contributed by atoms with E-state index < -0.39 is 11.3 Å². The van der Waals surface area contributed by atoms with Gasteiger partial charge in [0.25, 0.3) is 11.8 Å². The van der Waals surface area contributed by atoms with Gasteiger partial charge in [-0.1, -0.05) is 24.3 Å². The van der Waals surface area contributed by atoms with Gasteiger partial charge in [-0.15, -0.1) is 0 Å². The number of hydrogen-bond acceptors (Lipinski definition) is 6. The molecule has 0 radical (unpaired) electrons. The molecular formula is C19H17N4O4S-. The van der Waals surface area contributed by atoms with Crippen molar-refractivity contribution >= 4 is 50.6 Å². The van der Waals surface area contributed by atoms with Crippen LogP contribution >= 0.6 is 0 Å². The molecule has 1 aliphatic rings. The number of carbonyl (C=O) groups excluding carboxylic acids is 2. The Hall–Kier alpha value is -3.14. The molecule has 1 atom stereocenters. The number of imide groups is 1. The molecule has 4 rings (SSSR count). The summed E-state index contributed by atoms with van der Waals surface area (Å²) in [5.41, 5.74) is 2.54. The van der Waals surface area contributed by atoms with Crippen molar-refractivity contribution in [1.82, 2.24) is 9.99 Å². The Morgan fingerprint density at radius 3 is 2.32 bits per heavy atom. The number of amides is 2. The molecule has 2 amide bonds. The topological polar surface area (TPSA) is 120 Å². The Kier molecular flexibility index (Phi) is 5.78. The predicted molar refractivity (Wildman–Crippen MR) is 106 cm³/mol. The molecule has 0 bridgehead atoms. The summed E-state index contributed by atoms with van der Waals surface area (Å²) in [5, 5.41) is 8.82. The molecule has 1 unspecified atom stereocenters. The first-order valence-corrected chi connectivity index (χ1v) is 9.52. The maximum atomic E-state index is 12.1. The van der Waals surface area contributed by atoms with Gasteiger partial charge in [0.15, 0.2) is 0 Å². The smallest absolute Gasteiger partial charge is 0.272 e. The Balaban J connectivity index is 0.000000516. The Morgan fingerprint density at radius 1 is 1.07 bits per heavy atom. The van der Waals surface area contributed by atoms with Gasteiger partial charge in [-0.05, 0) is 31.2 Å². The van der Waals surface area contributed by atoms with Crippen LogP contribution in [0.4, 0.5) is 5.69 Å². The van der Waals surface area contributed by atoms with Gasteiger partial charge < -0.3 is 4.55 Å². The second kappa shape index (κ2) is 8.26.